The first-order valence-electron chi connectivity index (χ1n) is 8.57. The summed E-state index contributed by atoms with van der Waals surface area (Å²) >= 11 is 0. The molecule has 0 saturated heterocycles. The number of carbonyl (C=O) groups is 3. The van der Waals surface area contributed by atoms with Crippen LogP contribution in [0.15, 0.2) is 42.5 Å². The summed E-state index contributed by atoms with van der Waals surface area (Å²) in [5.74, 6) is -4.34. The van der Waals surface area contributed by atoms with Crippen molar-refractivity contribution in [3.8, 4) is 0 Å². The second-order valence-corrected chi connectivity index (χ2v) is 6.37. The van der Waals surface area contributed by atoms with Crippen LogP contribution >= 0.6 is 0 Å². The highest BCUT2D eigenvalue weighted by molar-refractivity contribution is 6.04. The van der Waals surface area contributed by atoms with Crippen molar-refractivity contribution in [3.05, 3.63) is 65.2 Å². The van der Waals surface area contributed by atoms with Crippen LogP contribution in [0.2, 0.25) is 0 Å². The highest BCUT2D eigenvalue weighted by Gasteiger charge is 2.20. The predicted molar refractivity (Wildman–Crippen MR) is 98.9 cm³/mol. The molecule has 2 rings (SSSR count). The van der Waals surface area contributed by atoms with Crippen LogP contribution < -0.4 is 10.6 Å². The number of esters is 1. The molecule has 0 aliphatic heterocycles. The van der Waals surface area contributed by atoms with Gasteiger partial charge in [0, 0.05) is 6.54 Å². The van der Waals surface area contributed by atoms with Gasteiger partial charge in [0.25, 0.3) is 11.8 Å². The maximum atomic E-state index is 13.6. The van der Waals surface area contributed by atoms with Gasteiger partial charge in [-0.2, -0.15) is 0 Å². The Kier molecular flexibility index (Phi) is 7.20. The third-order valence-corrected chi connectivity index (χ3v) is 3.62. The SMILES string of the molecule is CC(C)CNC(=O)c1ccccc1NC(=O)COC(=O)c1c(F)cccc1F. The van der Waals surface area contributed by atoms with Gasteiger partial charge < -0.3 is 15.4 Å². The van der Waals surface area contributed by atoms with E-state index >= 15 is 0 Å². The van der Waals surface area contributed by atoms with Crippen LogP contribution in [0, 0.1) is 17.6 Å². The van der Waals surface area contributed by atoms with Gasteiger partial charge in [-0.3, -0.25) is 9.59 Å². The van der Waals surface area contributed by atoms with Gasteiger partial charge in [-0.1, -0.05) is 32.0 Å². The summed E-state index contributed by atoms with van der Waals surface area (Å²) in [6.45, 7) is 3.59. The fraction of sp³-hybridized carbons (Fsp3) is 0.250. The normalized spacial score (nSPS) is 10.5. The van der Waals surface area contributed by atoms with Gasteiger partial charge >= 0.3 is 5.97 Å². The maximum absolute atomic E-state index is 13.6. The fourth-order valence-corrected chi connectivity index (χ4v) is 2.26. The molecule has 28 heavy (non-hydrogen) atoms. The highest BCUT2D eigenvalue weighted by atomic mass is 19.1. The van der Waals surface area contributed by atoms with Crippen molar-refractivity contribution in [1.82, 2.24) is 5.32 Å². The third kappa shape index (κ3) is 5.60. The molecular weight excluding hydrogens is 370 g/mol. The average molecular weight is 390 g/mol. The van der Waals surface area contributed by atoms with E-state index < -0.39 is 35.7 Å². The Morgan fingerprint density at radius 1 is 1.00 bits per heavy atom. The highest BCUT2D eigenvalue weighted by Crippen LogP contribution is 2.16. The Hall–Kier alpha value is -3.29. The Morgan fingerprint density at radius 2 is 1.64 bits per heavy atom. The molecule has 148 valence electrons. The van der Waals surface area contributed by atoms with E-state index in [2.05, 4.69) is 15.4 Å². The van der Waals surface area contributed by atoms with Crippen LogP contribution in [0.25, 0.3) is 0 Å². The second-order valence-electron chi connectivity index (χ2n) is 6.37. The number of rotatable bonds is 7. The van der Waals surface area contributed by atoms with Gasteiger partial charge in [-0.15, -0.1) is 0 Å². The van der Waals surface area contributed by atoms with E-state index in [9.17, 15) is 23.2 Å². The molecule has 0 spiro atoms. The van der Waals surface area contributed by atoms with Gasteiger partial charge in [-0.25, -0.2) is 13.6 Å². The lowest BCUT2D eigenvalue weighted by molar-refractivity contribution is -0.119. The predicted octanol–water partition coefficient (Wildman–Crippen LogP) is 3.15. The number of amides is 2. The number of benzene rings is 2. The number of halogens is 2. The molecule has 8 heteroatoms. The topological polar surface area (TPSA) is 84.5 Å². The van der Waals surface area contributed by atoms with Crippen LogP contribution in [0.4, 0.5) is 14.5 Å². The standard InChI is InChI=1S/C20H20F2N2O4/c1-12(2)10-23-19(26)13-6-3-4-9-16(13)24-17(25)11-28-20(27)18-14(21)7-5-8-15(18)22/h3-9,12H,10-11H2,1-2H3,(H,23,26)(H,24,25). The third-order valence-electron chi connectivity index (χ3n) is 3.62. The molecule has 2 aromatic carbocycles. The van der Waals surface area contributed by atoms with Crippen molar-refractivity contribution in [1.29, 1.82) is 0 Å². The van der Waals surface area contributed by atoms with Crippen molar-refractivity contribution >= 4 is 23.5 Å². The fourth-order valence-electron chi connectivity index (χ4n) is 2.26. The van der Waals surface area contributed by atoms with Gasteiger partial charge in [-0.05, 0) is 30.2 Å². The summed E-state index contributed by atoms with van der Waals surface area (Å²) in [6, 6.07) is 9.23. The molecule has 2 aromatic rings. The molecule has 6 nitrogen and oxygen atoms in total. The summed E-state index contributed by atoms with van der Waals surface area (Å²) in [7, 11) is 0. The van der Waals surface area contributed by atoms with E-state index in [1.165, 1.54) is 12.1 Å². The van der Waals surface area contributed by atoms with Gasteiger partial charge in [0.05, 0.1) is 11.3 Å². The first-order valence-corrected chi connectivity index (χ1v) is 8.57. The largest absolute Gasteiger partial charge is 0.452 e. The molecule has 0 aliphatic rings. The summed E-state index contributed by atoms with van der Waals surface area (Å²) < 4.78 is 31.8. The van der Waals surface area contributed by atoms with Crippen LogP contribution in [0.1, 0.15) is 34.6 Å². The van der Waals surface area contributed by atoms with Crippen LogP contribution in [0.5, 0.6) is 0 Å². The summed E-state index contributed by atoms with van der Waals surface area (Å²) in [6.07, 6.45) is 0. The Morgan fingerprint density at radius 3 is 2.29 bits per heavy atom. The van der Waals surface area contributed by atoms with Crippen LogP contribution in [-0.2, 0) is 9.53 Å². The molecule has 0 fully saturated rings. The zero-order chi connectivity index (χ0) is 20.7. The van der Waals surface area contributed by atoms with E-state index in [-0.39, 0.29) is 23.1 Å². The van der Waals surface area contributed by atoms with Crippen molar-refractivity contribution in [3.63, 3.8) is 0 Å². The second kappa shape index (κ2) is 9.59. The number of anilines is 1. The Balaban J connectivity index is 2.00. The zero-order valence-electron chi connectivity index (χ0n) is 15.4. The molecule has 0 unspecified atom stereocenters. The lowest BCUT2D eigenvalue weighted by Crippen LogP contribution is -2.29. The maximum Gasteiger partial charge on any atom is 0.344 e. The molecule has 0 atom stereocenters. The van der Waals surface area contributed by atoms with Crippen molar-refractivity contribution in [2.45, 2.75) is 13.8 Å². The number of hydrogen-bond acceptors (Lipinski definition) is 4. The van der Waals surface area contributed by atoms with Gasteiger partial charge in [0.15, 0.2) is 6.61 Å². The van der Waals surface area contributed by atoms with Crippen molar-refractivity contribution < 1.29 is 27.9 Å². The minimum atomic E-state index is -1.30. The van der Waals surface area contributed by atoms with E-state index in [1.807, 2.05) is 13.8 Å². The molecule has 0 aliphatic carbocycles. The lowest BCUT2D eigenvalue weighted by atomic mass is 10.1. The lowest BCUT2D eigenvalue weighted by Gasteiger charge is -2.12. The van der Waals surface area contributed by atoms with Gasteiger partial charge in [0.2, 0.25) is 0 Å². The summed E-state index contributed by atoms with van der Waals surface area (Å²) in [5.41, 5.74) is -0.409. The Labute approximate surface area is 160 Å². The molecule has 0 radical (unpaired) electrons. The van der Waals surface area contributed by atoms with E-state index in [1.54, 1.807) is 12.1 Å². The average Bonchev–Trinajstić information content (AvgIpc) is 2.64. The minimum absolute atomic E-state index is 0.224. The smallest absolute Gasteiger partial charge is 0.344 e. The van der Waals surface area contributed by atoms with Crippen molar-refractivity contribution in [2.24, 2.45) is 5.92 Å². The number of hydrogen-bond donors (Lipinski definition) is 2. The number of para-hydroxylation sites is 1. The van der Waals surface area contributed by atoms with E-state index in [0.717, 1.165) is 18.2 Å². The summed E-state index contributed by atoms with van der Waals surface area (Å²) in [4.78, 5) is 36.1. The first-order chi connectivity index (χ1) is 13.3. The number of carbonyl (C=O) groups excluding carboxylic acids is 3. The molecule has 0 aromatic heterocycles. The molecule has 0 bridgehead atoms. The van der Waals surface area contributed by atoms with E-state index in [4.69, 9.17) is 0 Å². The minimum Gasteiger partial charge on any atom is -0.452 e. The van der Waals surface area contributed by atoms with Crippen LogP contribution in [-0.4, -0.2) is 30.9 Å². The number of nitrogens with one attached hydrogen (secondary N) is 2. The quantitative estimate of drug-likeness (QED) is 0.712. The van der Waals surface area contributed by atoms with E-state index in [0.29, 0.717) is 6.54 Å². The first kappa shape index (κ1) is 21.0. The summed E-state index contributed by atoms with van der Waals surface area (Å²) in [5, 5.41) is 5.19. The molecule has 2 amide bonds. The molecule has 2 N–H and O–H groups in total. The van der Waals surface area contributed by atoms with Crippen molar-refractivity contribution in [2.75, 3.05) is 18.5 Å². The molecule has 0 saturated carbocycles. The Bertz CT molecular complexity index is 864. The zero-order valence-corrected chi connectivity index (χ0v) is 15.4. The number of ether oxygens (including phenoxy) is 1. The monoisotopic (exact) mass is 390 g/mol. The van der Waals surface area contributed by atoms with Gasteiger partial charge in [0.1, 0.15) is 17.2 Å². The molecule has 0 heterocycles. The van der Waals surface area contributed by atoms with Crippen LogP contribution in [0.3, 0.4) is 0 Å². The molecular formula is C20H20F2N2O4.